The lowest BCUT2D eigenvalue weighted by atomic mass is 10.1. The lowest BCUT2D eigenvalue weighted by molar-refractivity contribution is 0.0531. The standard InChI is InChI=1S/C16H26N2O2/c1-13-4-5-16(18-7-9-20-14(2)12-18)15(10-13)11-17-6-8-19-3/h4-5,10,14,17H,6-9,11-12H2,1-3H3. The average Bonchev–Trinajstić information content (AvgIpc) is 2.44. The number of ether oxygens (including phenoxy) is 2. The average molecular weight is 278 g/mol. The Morgan fingerprint density at radius 1 is 1.45 bits per heavy atom. The predicted molar refractivity (Wildman–Crippen MR) is 82.4 cm³/mol. The van der Waals surface area contributed by atoms with Crippen LogP contribution in [0.2, 0.25) is 0 Å². The smallest absolute Gasteiger partial charge is 0.0722 e. The van der Waals surface area contributed by atoms with E-state index < -0.39 is 0 Å². The van der Waals surface area contributed by atoms with Gasteiger partial charge in [-0.15, -0.1) is 0 Å². The molecule has 1 aromatic rings. The molecule has 1 heterocycles. The Bertz CT molecular complexity index is 423. The van der Waals surface area contributed by atoms with Gasteiger partial charge in [0.1, 0.15) is 0 Å². The van der Waals surface area contributed by atoms with Gasteiger partial charge in [0.05, 0.1) is 19.3 Å². The van der Waals surface area contributed by atoms with E-state index in [0.29, 0.717) is 6.10 Å². The van der Waals surface area contributed by atoms with Crippen LogP contribution >= 0.6 is 0 Å². The van der Waals surface area contributed by atoms with Crippen LogP contribution in [0.15, 0.2) is 18.2 Å². The third kappa shape index (κ3) is 4.20. The van der Waals surface area contributed by atoms with Crippen LogP contribution < -0.4 is 10.2 Å². The quantitative estimate of drug-likeness (QED) is 0.807. The molecule has 1 aliphatic rings. The first-order chi connectivity index (χ1) is 9.70. The minimum Gasteiger partial charge on any atom is -0.383 e. The molecule has 4 nitrogen and oxygen atoms in total. The van der Waals surface area contributed by atoms with Gasteiger partial charge in [-0.3, -0.25) is 0 Å². The molecule has 0 aliphatic carbocycles. The van der Waals surface area contributed by atoms with E-state index in [1.807, 2.05) is 0 Å². The van der Waals surface area contributed by atoms with Crippen LogP contribution in [0.25, 0.3) is 0 Å². The molecule has 1 atom stereocenters. The largest absolute Gasteiger partial charge is 0.383 e. The van der Waals surface area contributed by atoms with Crippen molar-refractivity contribution < 1.29 is 9.47 Å². The predicted octanol–water partition coefficient (Wildman–Crippen LogP) is 1.96. The van der Waals surface area contributed by atoms with Crippen LogP contribution in [0.3, 0.4) is 0 Å². The molecule has 1 N–H and O–H groups in total. The van der Waals surface area contributed by atoms with Gasteiger partial charge in [-0.1, -0.05) is 17.7 Å². The minimum absolute atomic E-state index is 0.305. The van der Waals surface area contributed by atoms with E-state index in [4.69, 9.17) is 9.47 Å². The van der Waals surface area contributed by atoms with Crippen molar-refractivity contribution in [3.05, 3.63) is 29.3 Å². The number of anilines is 1. The highest BCUT2D eigenvalue weighted by atomic mass is 16.5. The van der Waals surface area contributed by atoms with Crippen molar-refractivity contribution in [1.82, 2.24) is 5.32 Å². The molecule has 1 saturated heterocycles. The fourth-order valence-corrected chi connectivity index (χ4v) is 2.60. The second-order valence-corrected chi connectivity index (χ2v) is 5.43. The Labute approximate surface area is 122 Å². The molecule has 4 heteroatoms. The number of benzene rings is 1. The molecule has 0 saturated carbocycles. The van der Waals surface area contributed by atoms with Crippen molar-refractivity contribution in [2.24, 2.45) is 0 Å². The summed E-state index contributed by atoms with van der Waals surface area (Å²) < 4.78 is 10.7. The summed E-state index contributed by atoms with van der Waals surface area (Å²) in [7, 11) is 1.73. The summed E-state index contributed by atoms with van der Waals surface area (Å²) in [6.07, 6.45) is 0.305. The second-order valence-electron chi connectivity index (χ2n) is 5.43. The van der Waals surface area contributed by atoms with Crippen molar-refractivity contribution in [2.75, 3.05) is 44.9 Å². The zero-order chi connectivity index (χ0) is 14.4. The number of hydrogen-bond donors (Lipinski definition) is 1. The first-order valence-electron chi connectivity index (χ1n) is 7.36. The number of aryl methyl sites for hydroxylation is 1. The lowest BCUT2D eigenvalue weighted by Gasteiger charge is -2.34. The second kappa shape index (κ2) is 7.62. The van der Waals surface area contributed by atoms with E-state index >= 15 is 0 Å². The zero-order valence-corrected chi connectivity index (χ0v) is 12.8. The Morgan fingerprint density at radius 2 is 2.30 bits per heavy atom. The third-order valence-electron chi connectivity index (χ3n) is 3.62. The van der Waals surface area contributed by atoms with Crippen LogP contribution in [0.4, 0.5) is 5.69 Å². The Hall–Kier alpha value is -1.10. The van der Waals surface area contributed by atoms with Crippen molar-refractivity contribution in [1.29, 1.82) is 0 Å². The molecule has 0 bridgehead atoms. The fourth-order valence-electron chi connectivity index (χ4n) is 2.60. The van der Waals surface area contributed by atoms with E-state index in [1.54, 1.807) is 7.11 Å². The van der Waals surface area contributed by atoms with Gasteiger partial charge in [0.2, 0.25) is 0 Å². The van der Waals surface area contributed by atoms with E-state index in [9.17, 15) is 0 Å². The lowest BCUT2D eigenvalue weighted by Crippen LogP contribution is -2.41. The molecular formula is C16H26N2O2. The summed E-state index contributed by atoms with van der Waals surface area (Å²) in [4.78, 5) is 2.43. The maximum Gasteiger partial charge on any atom is 0.0722 e. The molecule has 0 spiro atoms. The summed E-state index contributed by atoms with van der Waals surface area (Å²) >= 11 is 0. The molecule has 1 unspecified atom stereocenters. The highest BCUT2D eigenvalue weighted by molar-refractivity contribution is 5.55. The number of hydrogen-bond acceptors (Lipinski definition) is 4. The first-order valence-corrected chi connectivity index (χ1v) is 7.36. The van der Waals surface area contributed by atoms with Crippen molar-refractivity contribution >= 4 is 5.69 Å². The number of methoxy groups -OCH3 is 1. The maximum absolute atomic E-state index is 5.63. The molecule has 1 fully saturated rings. The Morgan fingerprint density at radius 3 is 3.05 bits per heavy atom. The van der Waals surface area contributed by atoms with Crippen LogP contribution in [0, 0.1) is 6.92 Å². The molecule has 0 amide bonds. The zero-order valence-electron chi connectivity index (χ0n) is 12.8. The molecule has 1 aromatic carbocycles. The number of nitrogens with zero attached hydrogens (tertiary/aromatic N) is 1. The van der Waals surface area contributed by atoms with Gasteiger partial charge in [0, 0.05) is 39.0 Å². The van der Waals surface area contributed by atoms with E-state index in [-0.39, 0.29) is 0 Å². The van der Waals surface area contributed by atoms with Crippen molar-refractivity contribution in [3.8, 4) is 0 Å². The molecule has 0 aromatic heterocycles. The van der Waals surface area contributed by atoms with Crippen LogP contribution in [-0.4, -0.2) is 46.1 Å². The summed E-state index contributed by atoms with van der Waals surface area (Å²) in [6, 6.07) is 6.70. The monoisotopic (exact) mass is 278 g/mol. The van der Waals surface area contributed by atoms with Gasteiger partial charge in [-0.05, 0) is 25.5 Å². The molecular weight excluding hydrogens is 252 g/mol. The summed E-state index contributed by atoms with van der Waals surface area (Å²) in [6.45, 7) is 9.53. The minimum atomic E-state index is 0.305. The van der Waals surface area contributed by atoms with Gasteiger partial charge in [0.15, 0.2) is 0 Å². The molecule has 2 rings (SSSR count). The Balaban J connectivity index is 2.06. The van der Waals surface area contributed by atoms with Gasteiger partial charge in [-0.2, -0.15) is 0 Å². The van der Waals surface area contributed by atoms with Gasteiger partial charge >= 0.3 is 0 Å². The number of nitrogens with one attached hydrogen (secondary N) is 1. The SMILES string of the molecule is COCCNCc1cc(C)ccc1N1CCOC(C)C1. The normalized spacial score (nSPS) is 19.4. The van der Waals surface area contributed by atoms with Gasteiger partial charge in [0.25, 0.3) is 0 Å². The molecule has 112 valence electrons. The molecule has 1 aliphatic heterocycles. The summed E-state index contributed by atoms with van der Waals surface area (Å²) in [5, 5.41) is 3.44. The maximum atomic E-state index is 5.63. The van der Waals surface area contributed by atoms with Gasteiger partial charge < -0.3 is 19.7 Å². The Kier molecular flexibility index (Phi) is 5.83. The van der Waals surface area contributed by atoms with Crippen LogP contribution in [-0.2, 0) is 16.0 Å². The van der Waals surface area contributed by atoms with E-state index in [0.717, 1.165) is 39.4 Å². The number of rotatable bonds is 6. The van der Waals surface area contributed by atoms with Crippen molar-refractivity contribution in [2.45, 2.75) is 26.5 Å². The molecule has 20 heavy (non-hydrogen) atoms. The number of morpholine rings is 1. The fraction of sp³-hybridized carbons (Fsp3) is 0.625. The van der Waals surface area contributed by atoms with Crippen LogP contribution in [0.5, 0.6) is 0 Å². The highest BCUT2D eigenvalue weighted by Crippen LogP contribution is 2.24. The topological polar surface area (TPSA) is 33.7 Å². The van der Waals surface area contributed by atoms with E-state index in [2.05, 4.69) is 42.3 Å². The van der Waals surface area contributed by atoms with Gasteiger partial charge in [-0.25, -0.2) is 0 Å². The van der Waals surface area contributed by atoms with Crippen LogP contribution in [0.1, 0.15) is 18.1 Å². The highest BCUT2D eigenvalue weighted by Gasteiger charge is 2.19. The summed E-state index contributed by atoms with van der Waals surface area (Å²) in [5.41, 5.74) is 3.99. The third-order valence-corrected chi connectivity index (χ3v) is 3.62. The van der Waals surface area contributed by atoms with E-state index in [1.165, 1.54) is 16.8 Å². The van der Waals surface area contributed by atoms with Crippen molar-refractivity contribution in [3.63, 3.8) is 0 Å². The summed E-state index contributed by atoms with van der Waals surface area (Å²) in [5.74, 6) is 0. The first kappa shape index (κ1) is 15.3. The molecule has 0 radical (unpaired) electrons.